The maximum Gasteiger partial charge on any atom is 0.0502 e. The maximum absolute atomic E-state index is 5.03. The van der Waals surface area contributed by atoms with Gasteiger partial charge in [0.2, 0.25) is 0 Å². The smallest absolute Gasteiger partial charge is 0.0502 e. The predicted octanol–water partition coefficient (Wildman–Crippen LogP) is 1.94. The fourth-order valence-corrected chi connectivity index (χ4v) is 1.21. The van der Waals surface area contributed by atoms with Crippen LogP contribution < -0.4 is 4.90 Å². The van der Waals surface area contributed by atoms with E-state index in [0.29, 0.717) is 0 Å². The Labute approximate surface area is 80.1 Å². The summed E-state index contributed by atoms with van der Waals surface area (Å²) in [5.41, 5.74) is 2.57. The Morgan fingerprint density at radius 3 is 2.69 bits per heavy atom. The third-order valence-corrected chi connectivity index (χ3v) is 2.02. The van der Waals surface area contributed by atoms with Gasteiger partial charge in [-0.05, 0) is 24.1 Å². The number of anilines is 1. The summed E-state index contributed by atoms with van der Waals surface area (Å²) in [6.45, 7) is 0.789. The lowest BCUT2D eigenvalue weighted by Crippen LogP contribution is -2.08. The second kappa shape index (κ2) is 4.87. The van der Waals surface area contributed by atoms with Gasteiger partial charge >= 0.3 is 0 Å². The van der Waals surface area contributed by atoms with Crippen LogP contribution in [-0.2, 0) is 11.2 Å². The zero-order chi connectivity index (χ0) is 9.68. The van der Waals surface area contributed by atoms with E-state index < -0.39 is 0 Å². The van der Waals surface area contributed by atoms with Gasteiger partial charge in [-0.3, -0.25) is 0 Å². The van der Waals surface area contributed by atoms with Crippen LogP contribution in [0.3, 0.4) is 0 Å². The molecule has 1 rings (SSSR count). The van der Waals surface area contributed by atoms with Crippen molar-refractivity contribution in [3.8, 4) is 0 Å². The van der Waals surface area contributed by atoms with Crippen molar-refractivity contribution in [2.45, 2.75) is 6.42 Å². The van der Waals surface area contributed by atoms with Crippen LogP contribution in [0.25, 0.3) is 0 Å². The van der Waals surface area contributed by atoms with E-state index in [1.54, 1.807) is 7.11 Å². The topological polar surface area (TPSA) is 12.5 Å². The first-order chi connectivity index (χ1) is 6.24. The van der Waals surface area contributed by atoms with Crippen molar-refractivity contribution < 1.29 is 4.74 Å². The molecule has 0 saturated carbocycles. The Morgan fingerprint density at radius 2 is 2.08 bits per heavy atom. The summed E-state index contributed by atoms with van der Waals surface area (Å²) in [7, 11) is 5.83. The maximum atomic E-state index is 5.03. The lowest BCUT2D eigenvalue weighted by molar-refractivity contribution is 0.202. The number of rotatable bonds is 4. The molecule has 72 valence electrons. The molecule has 0 spiro atoms. The molecule has 0 N–H and O–H groups in total. The van der Waals surface area contributed by atoms with Crippen LogP contribution in [-0.4, -0.2) is 27.8 Å². The van der Waals surface area contributed by atoms with E-state index in [1.165, 1.54) is 11.3 Å². The molecule has 1 aromatic carbocycles. The summed E-state index contributed by atoms with van der Waals surface area (Å²) >= 11 is 0. The molecule has 13 heavy (non-hydrogen) atoms. The van der Waals surface area contributed by atoms with Gasteiger partial charge in [-0.25, -0.2) is 0 Å². The molecular formula is C11H17NO. The van der Waals surface area contributed by atoms with Crippen molar-refractivity contribution in [2.75, 3.05) is 32.7 Å². The standard InChI is InChI=1S/C11H17NO/c1-12(2)11-6-4-5-10(9-11)7-8-13-3/h4-6,9H,7-8H2,1-3H3. The highest BCUT2D eigenvalue weighted by Crippen LogP contribution is 2.13. The second-order valence-corrected chi connectivity index (χ2v) is 3.31. The first-order valence-electron chi connectivity index (χ1n) is 4.49. The van der Waals surface area contributed by atoms with Gasteiger partial charge < -0.3 is 9.64 Å². The highest BCUT2D eigenvalue weighted by molar-refractivity contribution is 5.47. The number of ether oxygens (including phenoxy) is 1. The molecule has 0 aliphatic rings. The van der Waals surface area contributed by atoms with E-state index in [2.05, 4.69) is 43.3 Å². The molecule has 0 fully saturated rings. The van der Waals surface area contributed by atoms with Gasteiger partial charge in [-0.1, -0.05) is 12.1 Å². The van der Waals surface area contributed by atoms with E-state index in [9.17, 15) is 0 Å². The summed E-state index contributed by atoms with van der Waals surface area (Å²) in [5, 5.41) is 0. The van der Waals surface area contributed by atoms with Gasteiger partial charge in [0.25, 0.3) is 0 Å². The summed E-state index contributed by atoms with van der Waals surface area (Å²) in [4.78, 5) is 2.11. The van der Waals surface area contributed by atoms with Crippen LogP contribution in [0.4, 0.5) is 5.69 Å². The van der Waals surface area contributed by atoms with Crippen LogP contribution in [0.15, 0.2) is 24.3 Å². The number of methoxy groups -OCH3 is 1. The van der Waals surface area contributed by atoms with Gasteiger partial charge in [0, 0.05) is 26.9 Å². The minimum atomic E-state index is 0.789. The first kappa shape index (κ1) is 10.1. The monoisotopic (exact) mass is 179 g/mol. The quantitative estimate of drug-likeness (QED) is 0.700. The van der Waals surface area contributed by atoms with Gasteiger partial charge in [0.05, 0.1) is 6.61 Å². The molecule has 0 radical (unpaired) electrons. The highest BCUT2D eigenvalue weighted by atomic mass is 16.5. The van der Waals surface area contributed by atoms with Gasteiger partial charge in [-0.15, -0.1) is 0 Å². The van der Waals surface area contributed by atoms with Crippen LogP contribution in [0, 0.1) is 0 Å². The van der Waals surface area contributed by atoms with E-state index >= 15 is 0 Å². The third kappa shape index (κ3) is 3.07. The normalized spacial score (nSPS) is 10.1. The lowest BCUT2D eigenvalue weighted by Gasteiger charge is -2.13. The van der Waals surface area contributed by atoms with E-state index in [-0.39, 0.29) is 0 Å². The summed E-state index contributed by atoms with van der Waals surface area (Å²) < 4.78 is 5.03. The van der Waals surface area contributed by atoms with Crippen LogP contribution in [0.1, 0.15) is 5.56 Å². The number of hydrogen-bond donors (Lipinski definition) is 0. The van der Waals surface area contributed by atoms with E-state index in [1.807, 2.05) is 0 Å². The Morgan fingerprint density at radius 1 is 1.31 bits per heavy atom. The molecule has 0 heterocycles. The summed E-state index contributed by atoms with van der Waals surface area (Å²) in [5.74, 6) is 0. The van der Waals surface area contributed by atoms with Crippen molar-refractivity contribution in [2.24, 2.45) is 0 Å². The van der Waals surface area contributed by atoms with Crippen molar-refractivity contribution in [1.29, 1.82) is 0 Å². The molecule has 0 aliphatic carbocycles. The van der Waals surface area contributed by atoms with E-state index in [0.717, 1.165) is 13.0 Å². The third-order valence-electron chi connectivity index (χ3n) is 2.02. The highest BCUT2D eigenvalue weighted by Gasteiger charge is 1.96. The van der Waals surface area contributed by atoms with Crippen molar-refractivity contribution in [3.63, 3.8) is 0 Å². The molecule has 0 aliphatic heterocycles. The second-order valence-electron chi connectivity index (χ2n) is 3.31. The summed E-state index contributed by atoms with van der Waals surface area (Å²) in [6, 6.07) is 8.52. The molecule has 2 heteroatoms. The number of nitrogens with zero attached hydrogens (tertiary/aromatic N) is 1. The number of benzene rings is 1. The average Bonchev–Trinajstić information content (AvgIpc) is 2.15. The molecule has 2 nitrogen and oxygen atoms in total. The molecule has 0 atom stereocenters. The van der Waals surface area contributed by atoms with Gasteiger partial charge in [0.1, 0.15) is 0 Å². The minimum absolute atomic E-state index is 0.789. The first-order valence-corrected chi connectivity index (χ1v) is 4.49. The van der Waals surface area contributed by atoms with Crippen LogP contribution in [0.2, 0.25) is 0 Å². The van der Waals surface area contributed by atoms with Gasteiger partial charge in [-0.2, -0.15) is 0 Å². The van der Waals surface area contributed by atoms with Crippen molar-refractivity contribution in [1.82, 2.24) is 0 Å². The fraction of sp³-hybridized carbons (Fsp3) is 0.455. The lowest BCUT2D eigenvalue weighted by atomic mass is 10.1. The fourth-order valence-electron chi connectivity index (χ4n) is 1.21. The molecule has 0 aromatic heterocycles. The van der Waals surface area contributed by atoms with E-state index in [4.69, 9.17) is 4.74 Å². The average molecular weight is 179 g/mol. The summed E-state index contributed by atoms with van der Waals surface area (Å²) in [6.07, 6.45) is 0.984. The van der Waals surface area contributed by atoms with Crippen molar-refractivity contribution in [3.05, 3.63) is 29.8 Å². The molecule has 0 amide bonds. The Kier molecular flexibility index (Phi) is 3.77. The van der Waals surface area contributed by atoms with Crippen LogP contribution in [0.5, 0.6) is 0 Å². The Hall–Kier alpha value is -1.02. The van der Waals surface area contributed by atoms with Crippen molar-refractivity contribution >= 4 is 5.69 Å². The zero-order valence-electron chi connectivity index (χ0n) is 8.58. The zero-order valence-corrected chi connectivity index (χ0v) is 8.58. The Bertz CT molecular complexity index is 258. The van der Waals surface area contributed by atoms with Crippen LogP contribution >= 0.6 is 0 Å². The molecule has 1 aromatic rings. The number of hydrogen-bond acceptors (Lipinski definition) is 2. The minimum Gasteiger partial charge on any atom is -0.384 e. The predicted molar refractivity (Wildman–Crippen MR) is 56.3 cm³/mol. The molecule has 0 unspecified atom stereocenters. The SMILES string of the molecule is COCCc1cccc(N(C)C)c1. The molecular weight excluding hydrogens is 162 g/mol. The molecule has 0 bridgehead atoms. The molecule has 0 saturated heterocycles. The Balaban J connectivity index is 2.68. The van der Waals surface area contributed by atoms with Gasteiger partial charge in [0.15, 0.2) is 0 Å². The largest absolute Gasteiger partial charge is 0.384 e.